The van der Waals surface area contributed by atoms with Crippen LogP contribution in [0.1, 0.15) is 11.1 Å². The van der Waals surface area contributed by atoms with Crippen LogP contribution < -0.4 is 10.6 Å². The maximum atomic E-state index is 5.87. The summed E-state index contributed by atoms with van der Waals surface area (Å²) < 4.78 is 0. The molecule has 0 aliphatic heterocycles. The molecule has 1 heterocycles. The van der Waals surface area contributed by atoms with E-state index < -0.39 is 0 Å². The van der Waals surface area contributed by atoms with Gasteiger partial charge in [-0.3, -0.25) is 4.98 Å². The molecular weight excluding hydrogens is 278 g/mol. The van der Waals surface area contributed by atoms with E-state index in [4.69, 9.17) is 29.6 Å². The van der Waals surface area contributed by atoms with E-state index in [9.17, 15) is 0 Å². The first-order chi connectivity index (χ1) is 9.08. The monoisotopic (exact) mass is 291 g/mol. The molecule has 5 heteroatoms. The Hall–Kier alpha value is -1.65. The van der Waals surface area contributed by atoms with E-state index in [1.165, 1.54) is 0 Å². The summed E-state index contributed by atoms with van der Waals surface area (Å²) >= 11 is 10.9. The highest BCUT2D eigenvalue weighted by Gasteiger charge is 2.09. The van der Waals surface area contributed by atoms with Crippen LogP contribution in [0.5, 0.6) is 0 Å². The molecule has 0 radical (unpaired) electrons. The van der Waals surface area contributed by atoms with Crippen LogP contribution in [0.15, 0.2) is 42.7 Å². The van der Waals surface area contributed by atoms with E-state index in [0.29, 0.717) is 4.99 Å². The summed E-state index contributed by atoms with van der Waals surface area (Å²) in [7, 11) is 1.98. The Morgan fingerprint density at radius 2 is 2.00 bits per heavy atom. The number of nitrogens with two attached hydrogens (primary N) is 1. The van der Waals surface area contributed by atoms with Gasteiger partial charge in [0.25, 0.3) is 0 Å². The molecule has 0 saturated heterocycles. The smallest absolute Gasteiger partial charge is 0.106 e. The molecule has 0 saturated carbocycles. The third kappa shape index (κ3) is 3.43. The van der Waals surface area contributed by atoms with Gasteiger partial charge >= 0.3 is 0 Å². The molecule has 19 heavy (non-hydrogen) atoms. The van der Waals surface area contributed by atoms with E-state index in [-0.39, 0.29) is 0 Å². The van der Waals surface area contributed by atoms with Crippen LogP contribution in [0.4, 0.5) is 5.69 Å². The number of thiocarbonyl (C=S) groups is 1. The van der Waals surface area contributed by atoms with E-state index in [1.807, 2.05) is 37.4 Å². The summed E-state index contributed by atoms with van der Waals surface area (Å²) in [6.45, 7) is 0.735. The first-order valence-corrected chi connectivity index (χ1v) is 6.56. The Balaban J connectivity index is 2.22. The zero-order valence-corrected chi connectivity index (χ0v) is 12.1. The highest BCUT2D eigenvalue weighted by atomic mass is 35.5. The van der Waals surface area contributed by atoms with Crippen molar-refractivity contribution in [2.24, 2.45) is 5.73 Å². The fraction of sp³-hybridized carbons (Fsp3) is 0.143. The number of halogens is 1. The molecule has 0 fully saturated rings. The fourth-order valence-corrected chi connectivity index (χ4v) is 2.15. The van der Waals surface area contributed by atoms with E-state index in [2.05, 4.69) is 9.88 Å². The fourth-order valence-electron chi connectivity index (χ4n) is 1.85. The van der Waals surface area contributed by atoms with Crippen molar-refractivity contribution in [3.63, 3.8) is 0 Å². The Morgan fingerprint density at radius 1 is 1.32 bits per heavy atom. The molecule has 0 aliphatic rings. The quantitative estimate of drug-likeness (QED) is 0.880. The van der Waals surface area contributed by atoms with E-state index in [1.54, 1.807) is 12.4 Å². The first kappa shape index (κ1) is 13.8. The van der Waals surface area contributed by atoms with Crippen molar-refractivity contribution in [3.05, 3.63) is 58.9 Å². The van der Waals surface area contributed by atoms with Gasteiger partial charge in [0.1, 0.15) is 4.99 Å². The van der Waals surface area contributed by atoms with Gasteiger partial charge in [0.2, 0.25) is 0 Å². The van der Waals surface area contributed by atoms with E-state index >= 15 is 0 Å². The lowest BCUT2D eigenvalue weighted by Gasteiger charge is -2.21. The van der Waals surface area contributed by atoms with Crippen LogP contribution in [0, 0.1) is 0 Å². The van der Waals surface area contributed by atoms with Crippen LogP contribution in [0.25, 0.3) is 0 Å². The number of aromatic nitrogens is 1. The lowest BCUT2D eigenvalue weighted by atomic mass is 10.1. The predicted molar refractivity (Wildman–Crippen MR) is 83.7 cm³/mol. The Morgan fingerprint density at radius 3 is 2.63 bits per heavy atom. The van der Waals surface area contributed by atoms with Crippen LogP contribution >= 0.6 is 23.8 Å². The minimum absolute atomic E-state index is 0.375. The van der Waals surface area contributed by atoms with Crippen LogP contribution in [-0.2, 0) is 6.54 Å². The Labute approximate surface area is 123 Å². The normalized spacial score (nSPS) is 10.2. The van der Waals surface area contributed by atoms with Crippen molar-refractivity contribution in [1.29, 1.82) is 0 Å². The summed E-state index contributed by atoms with van der Waals surface area (Å²) in [5.41, 5.74) is 8.64. The Kier molecular flexibility index (Phi) is 4.35. The van der Waals surface area contributed by atoms with Crippen LogP contribution in [0.2, 0.25) is 5.02 Å². The molecule has 0 bridgehead atoms. The number of anilines is 1. The van der Waals surface area contributed by atoms with Gasteiger partial charge < -0.3 is 10.6 Å². The number of benzene rings is 1. The molecular formula is C14H14ClN3S. The van der Waals surface area contributed by atoms with Crippen LogP contribution in [-0.4, -0.2) is 17.0 Å². The van der Waals surface area contributed by atoms with Crippen molar-refractivity contribution in [1.82, 2.24) is 4.98 Å². The molecule has 0 aliphatic carbocycles. The van der Waals surface area contributed by atoms with Crippen molar-refractivity contribution < 1.29 is 0 Å². The minimum Gasteiger partial charge on any atom is -0.389 e. The van der Waals surface area contributed by atoms with Gasteiger partial charge in [-0.2, -0.15) is 0 Å². The predicted octanol–water partition coefficient (Wildman–Crippen LogP) is 3.01. The first-order valence-electron chi connectivity index (χ1n) is 5.77. The maximum Gasteiger partial charge on any atom is 0.106 e. The van der Waals surface area contributed by atoms with Gasteiger partial charge in [0.15, 0.2) is 0 Å². The molecule has 1 aromatic heterocycles. The van der Waals surface area contributed by atoms with Crippen molar-refractivity contribution >= 4 is 34.5 Å². The van der Waals surface area contributed by atoms with Crippen molar-refractivity contribution in [2.45, 2.75) is 6.54 Å². The summed E-state index contributed by atoms with van der Waals surface area (Å²) in [5.74, 6) is 0. The molecule has 2 aromatic rings. The number of rotatable bonds is 4. The Bertz CT molecular complexity index is 583. The van der Waals surface area contributed by atoms with Crippen molar-refractivity contribution in [3.8, 4) is 0 Å². The summed E-state index contributed by atoms with van der Waals surface area (Å²) in [5, 5.41) is 0.733. The zero-order valence-electron chi connectivity index (χ0n) is 10.5. The lowest BCUT2D eigenvalue weighted by Crippen LogP contribution is -2.21. The highest BCUT2D eigenvalue weighted by Crippen LogP contribution is 2.20. The average Bonchev–Trinajstić information content (AvgIpc) is 2.41. The lowest BCUT2D eigenvalue weighted by molar-refractivity contribution is 0.916. The number of hydrogen-bond donors (Lipinski definition) is 1. The summed E-state index contributed by atoms with van der Waals surface area (Å²) in [4.78, 5) is 6.56. The molecule has 98 valence electrons. The molecule has 0 unspecified atom stereocenters. The second-order valence-electron chi connectivity index (χ2n) is 4.24. The summed E-state index contributed by atoms with van der Waals surface area (Å²) in [6.07, 6.45) is 3.46. The molecule has 0 atom stereocenters. The van der Waals surface area contributed by atoms with Gasteiger partial charge in [-0.25, -0.2) is 0 Å². The molecule has 2 N–H and O–H groups in total. The number of pyridine rings is 1. The maximum absolute atomic E-state index is 5.87. The van der Waals surface area contributed by atoms with Gasteiger partial charge in [0, 0.05) is 30.4 Å². The van der Waals surface area contributed by atoms with Crippen molar-refractivity contribution in [2.75, 3.05) is 11.9 Å². The molecule has 0 spiro atoms. The SMILES string of the molecule is CN(Cc1ccc(Cl)cc1)c1cnccc1C(N)=S. The van der Waals surface area contributed by atoms with Gasteiger partial charge in [-0.1, -0.05) is 36.0 Å². The topological polar surface area (TPSA) is 42.2 Å². The van der Waals surface area contributed by atoms with Gasteiger partial charge in [-0.15, -0.1) is 0 Å². The zero-order chi connectivity index (χ0) is 13.8. The second kappa shape index (κ2) is 5.99. The van der Waals surface area contributed by atoms with Gasteiger partial charge in [0.05, 0.1) is 11.9 Å². The minimum atomic E-state index is 0.375. The molecule has 3 nitrogen and oxygen atoms in total. The summed E-state index contributed by atoms with van der Waals surface area (Å²) in [6, 6.07) is 9.58. The van der Waals surface area contributed by atoms with Gasteiger partial charge in [-0.05, 0) is 23.8 Å². The standard InChI is InChI=1S/C14H14ClN3S/c1-18(9-10-2-4-11(15)5-3-10)13-8-17-7-6-12(13)14(16)19/h2-8H,9H2,1H3,(H2,16,19). The van der Waals surface area contributed by atoms with E-state index in [0.717, 1.165) is 28.4 Å². The number of nitrogens with zero attached hydrogens (tertiary/aromatic N) is 2. The second-order valence-corrected chi connectivity index (χ2v) is 5.12. The molecule has 2 rings (SSSR count). The number of hydrogen-bond acceptors (Lipinski definition) is 3. The highest BCUT2D eigenvalue weighted by molar-refractivity contribution is 7.80. The molecule has 1 aromatic carbocycles. The third-order valence-corrected chi connectivity index (χ3v) is 3.28. The average molecular weight is 292 g/mol. The largest absolute Gasteiger partial charge is 0.389 e. The molecule has 0 amide bonds. The third-order valence-electron chi connectivity index (χ3n) is 2.81. The van der Waals surface area contributed by atoms with Crippen LogP contribution in [0.3, 0.4) is 0 Å².